The first-order chi connectivity index (χ1) is 6.57. The average Bonchev–Trinajstić information content (AvgIpc) is 2.15. The third kappa shape index (κ3) is 1.84. The predicted octanol–water partition coefficient (Wildman–Crippen LogP) is 1.82. The van der Waals surface area contributed by atoms with E-state index in [1.165, 1.54) is 0 Å². The van der Waals surface area contributed by atoms with Crippen LogP contribution in [0.3, 0.4) is 0 Å². The Labute approximate surface area is 76.1 Å². The minimum absolute atomic E-state index is 0.0540. The summed E-state index contributed by atoms with van der Waals surface area (Å²) in [4.78, 5) is 9.81. The summed E-state index contributed by atoms with van der Waals surface area (Å²) < 4.78 is 54.7. The number of halogens is 4. The zero-order chi connectivity index (χ0) is 10.7. The van der Waals surface area contributed by atoms with Crippen LogP contribution in [-0.2, 0) is 4.79 Å². The molecule has 1 aromatic rings. The van der Waals surface area contributed by atoms with E-state index < -0.39 is 35.6 Å². The van der Waals surface area contributed by atoms with E-state index in [2.05, 4.69) is 4.74 Å². The number of aldehydes is 1. The Kier molecular flexibility index (Phi) is 3.06. The molecule has 0 fully saturated rings. The highest BCUT2D eigenvalue weighted by atomic mass is 19.2. The fourth-order valence-electron chi connectivity index (χ4n) is 0.795. The Hall–Kier alpha value is -1.59. The van der Waals surface area contributed by atoms with E-state index >= 15 is 0 Å². The minimum Gasteiger partial charge on any atom is -0.480 e. The van der Waals surface area contributed by atoms with Crippen molar-refractivity contribution in [1.82, 2.24) is 0 Å². The van der Waals surface area contributed by atoms with Gasteiger partial charge >= 0.3 is 0 Å². The molecule has 0 N–H and O–H groups in total. The van der Waals surface area contributed by atoms with Crippen LogP contribution in [0.25, 0.3) is 0 Å². The van der Waals surface area contributed by atoms with Crippen LogP contribution < -0.4 is 4.74 Å². The first kappa shape index (κ1) is 10.5. The van der Waals surface area contributed by atoms with E-state index in [-0.39, 0.29) is 12.4 Å². The van der Waals surface area contributed by atoms with Crippen molar-refractivity contribution in [1.29, 1.82) is 0 Å². The van der Waals surface area contributed by atoms with Crippen LogP contribution >= 0.6 is 0 Å². The van der Waals surface area contributed by atoms with Crippen LogP contribution in [0, 0.1) is 23.3 Å². The zero-order valence-electron chi connectivity index (χ0n) is 6.69. The second kappa shape index (κ2) is 4.08. The summed E-state index contributed by atoms with van der Waals surface area (Å²) in [6.07, 6.45) is 0.196. The SMILES string of the molecule is O=CCOc1c(F)c(F)cc(F)c1F. The molecule has 0 saturated carbocycles. The van der Waals surface area contributed by atoms with Gasteiger partial charge in [0.15, 0.2) is 23.7 Å². The predicted molar refractivity (Wildman–Crippen MR) is 37.8 cm³/mol. The van der Waals surface area contributed by atoms with E-state index in [1.807, 2.05) is 0 Å². The van der Waals surface area contributed by atoms with Crippen LogP contribution in [0.2, 0.25) is 0 Å². The molecule has 0 heterocycles. The van der Waals surface area contributed by atoms with Crippen molar-refractivity contribution in [3.05, 3.63) is 29.3 Å². The number of hydrogen-bond donors (Lipinski definition) is 0. The summed E-state index contributed by atoms with van der Waals surface area (Å²) in [5.74, 6) is -7.71. The molecule has 0 bridgehead atoms. The highest BCUT2D eigenvalue weighted by Gasteiger charge is 2.20. The lowest BCUT2D eigenvalue weighted by Gasteiger charge is -2.06. The average molecular weight is 208 g/mol. The molecule has 76 valence electrons. The fraction of sp³-hybridized carbons (Fsp3) is 0.125. The second-order valence-corrected chi connectivity index (χ2v) is 2.27. The van der Waals surface area contributed by atoms with Gasteiger partial charge in [-0.2, -0.15) is 8.78 Å². The molecule has 0 radical (unpaired) electrons. The van der Waals surface area contributed by atoms with Crippen LogP contribution in [0.1, 0.15) is 0 Å². The molecule has 0 amide bonds. The molecule has 0 unspecified atom stereocenters. The summed E-state index contributed by atoms with van der Waals surface area (Å²) in [5.41, 5.74) is 0. The van der Waals surface area contributed by atoms with Gasteiger partial charge in [0.2, 0.25) is 11.6 Å². The largest absolute Gasteiger partial charge is 0.480 e. The Balaban J connectivity index is 3.17. The van der Waals surface area contributed by atoms with Gasteiger partial charge in [0.05, 0.1) is 0 Å². The molecule has 2 nitrogen and oxygen atoms in total. The fourth-order valence-corrected chi connectivity index (χ4v) is 0.795. The molecule has 1 aromatic carbocycles. The van der Waals surface area contributed by atoms with Crippen LogP contribution in [0.4, 0.5) is 17.6 Å². The molecular weight excluding hydrogens is 204 g/mol. The normalized spacial score (nSPS) is 10.0. The summed E-state index contributed by atoms with van der Waals surface area (Å²) in [6, 6.07) is 0.0540. The van der Waals surface area contributed by atoms with Crippen LogP contribution in [-0.4, -0.2) is 12.9 Å². The monoisotopic (exact) mass is 208 g/mol. The number of ether oxygens (including phenoxy) is 1. The summed E-state index contributed by atoms with van der Waals surface area (Å²) in [7, 11) is 0. The van der Waals surface area contributed by atoms with Gasteiger partial charge in [-0.15, -0.1) is 0 Å². The van der Waals surface area contributed by atoms with Gasteiger partial charge in [-0.3, -0.25) is 4.79 Å². The Bertz CT molecular complexity index is 339. The van der Waals surface area contributed by atoms with Gasteiger partial charge in [-0.1, -0.05) is 0 Å². The summed E-state index contributed by atoms with van der Waals surface area (Å²) >= 11 is 0. The van der Waals surface area contributed by atoms with Crippen molar-refractivity contribution in [2.45, 2.75) is 0 Å². The molecule has 6 heteroatoms. The van der Waals surface area contributed by atoms with Gasteiger partial charge in [-0.05, 0) is 0 Å². The minimum atomic E-state index is -1.66. The van der Waals surface area contributed by atoms with Gasteiger partial charge in [-0.25, -0.2) is 8.78 Å². The quantitative estimate of drug-likeness (QED) is 0.430. The third-order valence-corrected chi connectivity index (χ3v) is 1.37. The van der Waals surface area contributed by atoms with Crippen molar-refractivity contribution >= 4 is 6.29 Å². The van der Waals surface area contributed by atoms with E-state index in [1.54, 1.807) is 0 Å². The van der Waals surface area contributed by atoms with Crippen molar-refractivity contribution in [2.24, 2.45) is 0 Å². The first-order valence-corrected chi connectivity index (χ1v) is 3.47. The van der Waals surface area contributed by atoms with Crippen LogP contribution in [0.15, 0.2) is 6.07 Å². The number of carbonyl (C=O) groups is 1. The standard InChI is InChI=1S/C8H4F4O2/c9-4-3-5(10)7(12)8(6(4)11)14-2-1-13/h1,3H,2H2. The Morgan fingerprint density at radius 1 is 1.14 bits per heavy atom. The maximum Gasteiger partial charge on any atom is 0.203 e. The zero-order valence-corrected chi connectivity index (χ0v) is 6.69. The molecule has 0 aromatic heterocycles. The molecule has 0 aliphatic carbocycles. The van der Waals surface area contributed by atoms with Crippen molar-refractivity contribution in [3.8, 4) is 5.75 Å². The van der Waals surface area contributed by atoms with E-state index in [9.17, 15) is 22.4 Å². The maximum absolute atomic E-state index is 12.7. The van der Waals surface area contributed by atoms with Gasteiger partial charge < -0.3 is 4.74 Å². The second-order valence-electron chi connectivity index (χ2n) is 2.27. The topological polar surface area (TPSA) is 26.3 Å². The highest BCUT2D eigenvalue weighted by Crippen LogP contribution is 2.25. The molecular formula is C8H4F4O2. The third-order valence-electron chi connectivity index (χ3n) is 1.37. The number of rotatable bonds is 3. The van der Waals surface area contributed by atoms with E-state index in [4.69, 9.17) is 0 Å². The maximum atomic E-state index is 12.7. The molecule has 0 spiro atoms. The molecule has 0 atom stereocenters. The molecule has 14 heavy (non-hydrogen) atoms. The van der Waals surface area contributed by atoms with E-state index in [0.29, 0.717) is 0 Å². The number of carbonyl (C=O) groups excluding carboxylic acids is 1. The van der Waals surface area contributed by atoms with Gasteiger partial charge in [0.25, 0.3) is 0 Å². The highest BCUT2D eigenvalue weighted by molar-refractivity contribution is 5.51. The van der Waals surface area contributed by atoms with Gasteiger partial charge in [0, 0.05) is 6.07 Å². The molecule has 0 aliphatic rings. The lowest BCUT2D eigenvalue weighted by Crippen LogP contribution is -2.05. The van der Waals surface area contributed by atoms with Crippen molar-refractivity contribution in [2.75, 3.05) is 6.61 Å². The summed E-state index contributed by atoms with van der Waals surface area (Å²) in [6.45, 7) is -0.684. The van der Waals surface area contributed by atoms with E-state index in [0.717, 1.165) is 0 Å². The molecule has 1 rings (SSSR count). The number of benzene rings is 1. The Morgan fingerprint density at radius 2 is 1.64 bits per heavy atom. The van der Waals surface area contributed by atoms with Crippen LogP contribution in [0.5, 0.6) is 5.75 Å². The van der Waals surface area contributed by atoms with Crippen molar-refractivity contribution < 1.29 is 27.1 Å². The lowest BCUT2D eigenvalue weighted by atomic mass is 10.3. The first-order valence-electron chi connectivity index (χ1n) is 3.47. The summed E-state index contributed by atoms with van der Waals surface area (Å²) in [5, 5.41) is 0. The molecule has 0 saturated heterocycles. The Morgan fingerprint density at radius 3 is 2.07 bits per heavy atom. The van der Waals surface area contributed by atoms with Gasteiger partial charge in [0.1, 0.15) is 6.61 Å². The molecule has 0 aliphatic heterocycles. The smallest absolute Gasteiger partial charge is 0.203 e. The lowest BCUT2D eigenvalue weighted by molar-refractivity contribution is -0.109. The van der Waals surface area contributed by atoms with Crippen molar-refractivity contribution in [3.63, 3.8) is 0 Å². The number of hydrogen-bond acceptors (Lipinski definition) is 2.